The summed E-state index contributed by atoms with van der Waals surface area (Å²) in [4.78, 5) is 15.4. The largest absolute Gasteiger partial charge is 0.493 e. The maximum absolute atomic E-state index is 12.6. The number of hydrogen-bond acceptors (Lipinski definition) is 4. The topological polar surface area (TPSA) is 106 Å². The number of aromatic nitrogens is 3. The smallest absolute Gasteiger partial charge is 0.313 e. The fourth-order valence-corrected chi connectivity index (χ4v) is 3.60. The number of aromatic hydroxyl groups is 1. The van der Waals surface area contributed by atoms with Gasteiger partial charge in [0.1, 0.15) is 5.69 Å². The number of fused-ring (bicyclic) bond motifs is 4. The number of H-pyrrole nitrogens is 2. The Morgan fingerprint density at radius 2 is 1.89 bits per heavy atom. The maximum atomic E-state index is 12.6. The van der Waals surface area contributed by atoms with Crippen LogP contribution in [0, 0.1) is 0 Å². The summed E-state index contributed by atoms with van der Waals surface area (Å²) >= 11 is 0. The molecule has 3 N–H and O–H groups in total. The number of carbonyl (C=O) groups excluding carboxylic acids is 1. The number of aryl methyl sites for hydroxylation is 1. The van der Waals surface area contributed by atoms with E-state index in [-0.39, 0.29) is 11.6 Å². The predicted molar refractivity (Wildman–Crippen MR) is 100 cm³/mol. The van der Waals surface area contributed by atoms with Gasteiger partial charge in [0.15, 0.2) is 5.69 Å². The fourth-order valence-electron chi connectivity index (χ4n) is 3.60. The molecule has 27 heavy (non-hydrogen) atoms. The van der Waals surface area contributed by atoms with E-state index in [4.69, 9.17) is 0 Å². The standard InChI is InChI=1S/C20H15N5O2/c26-19-17(13-7-3-4-8-15(13)21-19)24-25-20(27)18-14-10-9-11-5-1-2-6-12(11)16(14)22-23-18/h1-8,21,26H,9-10H2,(H,22,23). The molecule has 0 radical (unpaired) electrons. The molecule has 132 valence electrons. The van der Waals surface area contributed by atoms with Crippen molar-refractivity contribution in [3.63, 3.8) is 0 Å². The van der Waals surface area contributed by atoms with Crippen molar-refractivity contribution in [3.05, 3.63) is 65.4 Å². The zero-order valence-corrected chi connectivity index (χ0v) is 14.2. The summed E-state index contributed by atoms with van der Waals surface area (Å²) in [6, 6.07) is 15.4. The van der Waals surface area contributed by atoms with Crippen LogP contribution in [0.25, 0.3) is 22.2 Å². The molecule has 4 aromatic rings. The summed E-state index contributed by atoms with van der Waals surface area (Å²) in [6.07, 6.45) is 1.57. The SMILES string of the molecule is O=C(N=Nc1c(O)[nH]c2ccccc12)c1[nH]nc2c1CCc1ccccc1-2. The number of carbonyl (C=O) groups is 1. The molecular weight excluding hydrogens is 342 g/mol. The highest BCUT2D eigenvalue weighted by atomic mass is 16.3. The molecule has 2 aromatic carbocycles. The zero-order valence-electron chi connectivity index (χ0n) is 14.2. The van der Waals surface area contributed by atoms with Crippen LogP contribution in [-0.4, -0.2) is 26.2 Å². The molecule has 0 bridgehead atoms. The average Bonchev–Trinajstić information content (AvgIpc) is 3.27. The molecule has 0 fully saturated rings. The first-order chi connectivity index (χ1) is 13.2. The van der Waals surface area contributed by atoms with Gasteiger partial charge in [-0.25, -0.2) is 0 Å². The highest BCUT2D eigenvalue weighted by Gasteiger charge is 2.25. The second kappa shape index (κ2) is 5.91. The van der Waals surface area contributed by atoms with E-state index in [1.807, 2.05) is 36.4 Å². The van der Waals surface area contributed by atoms with Gasteiger partial charge in [-0.05, 0) is 24.5 Å². The Labute approximate surface area is 153 Å². The van der Waals surface area contributed by atoms with E-state index in [9.17, 15) is 9.90 Å². The van der Waals surface area contributed by atoms with Crippen LogP contribution < -0.4 is 0 Å². The van der Waals surface area contributed by atoms with E-state index < -0.39 is 5.91 Å². The zero-order chi connectivity index (χ0) is 18.4. The van der Waals surface area contributed by atoms with Gasteiger partial charge >= 0.3 is 5.91 Å². The third kappa shape index (κ3) is 2.43. The predicted octanol–water partition coefficient (Wildman–Crippen LogP) is 4.29. The summed E-state index contributed by atoms with van der Waals surface area (Å²) in [6.45, 7) is 0. The van der Waals surface area contributed by atoms with Crippen LogP contribution in [0.3, 0.4) is 0 Å². The molecule has 0 aliphatic heterocycles. The number of amides is 1. The molecule has 2 aromatic heterocycles. The number of nitrogens with one attached hydrogen (secondary N) is 2. The summed E-state index contributed by atoms with van der Waals surface area (Å²) in [5.41, 5.74) is 5.25. The Hall–Kier alpha value is -3.74. The third-order valence-electron chi connectivity index (χ3n) is 4.90. The number of nitrogens with zero attached hydrogens (tertiary/aromatic N) is 3. The van der Waals surface area contributed by atoms with Crippen LogP contribution in [0.5, 0.6) is 5.88 Å². The van der Waals surface area contributed by atoms with Gasteiger partial charge in [0.2, 0.25) is 5.88 Å². The summed E-state index contributed by atoms with van der Waals surface area (Å²) in [5.74, 6) is -0.624. The van der Waals surface area contributed by atoms with Crippen molar-refractivity contribution in [1.82, 2.24) is 15.2 Å². The molecule has 0 unspecified atom stereocenters. The van der Waals surface area contributed by atoms with E-state index in [0.717, 1.165) is 35.2 Å². The molecule has 7 nitrogen and oxygen atoms in total. The number of para-hydroxylation sites is 1. The molecule has 1 aliphatic rings. The molecule has 1 amide bonds. The van der Waals surface area contributed by atoms with Crippen LogP contribution in [0.2, 0.25) is 0 Å². The lowest BCUT2D eigenvalue weighted by molar-refractivity contribution is 0.0989. The van der Waals surface area contributed by atoms with E-state index in [0.29, 0.717) is 11.1 Å². The highest BCUT2D eigenvalue weighted by Crippen LogP contribution is 2.36. The van der Waals surface area contributed by atoms with Crippen LogP contribution in [0.15, 0.2) is 58.8 Å². The molecular formula is C20H15N5O2. The minimum atomic E-state index is -0.507. The number of azo groups is 1. The lowest BCUT2D eigenvalue weighted by atomic mass is 9.89. The van der Waals surface area contributed by atoms with E-state index in [1.165, 1.54) is 5.56 Å². The van der Waals surface area contributed by atoms with Gasteiger partial charge < -0.3 is 10.1 Å². The first-order valence-electron chi connectivity index (χ1n) is 8.63. The molecule has 7 heteroatoms. The van der Waals surface area contributed by atoms with E-state index >= 15 is 0 Å². The minimum Gasteiger partial charge on any atom is -0.493 e. The van der Waals surface area contributed by atoms with Crippen LogP contribution in [-0.2, 0) is 12.8 Å². The molecule has 0 saturated carbocycles. The first-order valence-corrected chi connectivity index (χ1v) is 8.63. The van der Waals surface area contributed by atoms with Crippen LogP contribution in [0.1, 0.15) is 21.6 Å². The Kier molecular flexibility index (Phi) is 3.39. The fraction of sp³-hybridized carbons (Fsp3) is 0.100. The number of aromatic amines is 2. The summed E-state index contributed by atoms with van der Waals surface area (Å²) < 4.78 is 0. The number of rotatable bonds is 2. The van der Waals surface area contributed by atoms with Gasteiger partial charge in [-0.1, -0.05) is 42.5 Å². The quantitative estimate of drug-likeness (QED) is 0.466. The van der Waals surface area contributed by atoms with Crippen molar-refractivity contribution in [1.29, 1.82) is 0 Å². The van der Waals surface area contributed by atoms with Gasteiger partial charge in [-0.3, -0.25) is 9.89 Å². The second-order valence-electron chi connectivity index (χ2n) is 6.46. The molecule has 1 aliphatic carbocycles. The number of benzene rings is 2. The van der Waals surface area contributed by atoms with Gasteiger partial charge in [0.25, 0.3) is 0 Å². The molecule has 0 atom stereocenters. The lowest BCUT2D eigenvalue weighted by Crippen LogP contribution is -2.06. The Balaban J connectivity index is 1.50. The van der Waals surface area contributed by atoms with Crippen molar-refractivity contribution in [2.45, 2.75) is 12.8 Å². The van der Waals surface area contributed by atoms with Crippen molar-refractivity contribution < 1.29 is 9.90 Å². The Morgan fingerprint density at radius 3 is 2.81 bits per heavy atom. The third-order valence-corrected chi connectivity index (χ3v) is 4.90. The molecule has 5 rings (SSSR count). The average molecular weight is 357 g/mol. The van der Waals surface area contributed by atoms with E-state index in [1.54, 1.807) is 6.07 Å². The van der Waals surface area contributed by atoms with Gasteiger partial charge in [-0.15, -0.1) is 10.2 Å². The minimum absolute atomic E-state index is 0.117. The van der Waals surface area contributed by atoms with Gasteiger partial charge in [0.05, 0.1) is 11.2 Å². The maximum Gasteiger partial charge on any atom is 0.313 e. The lowest BCUT2D eigenvalue weighted by Gasteiger charge is -2.14. The van der Waals surface area contributed by atoms with Crippen LogP contribution in [0.4, 0.5) is 5.69 Å². The normalized spacial score (nSPS) is 13.0. The molecule has 0 saturated heterocycles. The summed E-state index contributed by atoms with van der Waals surface area (Å²) in [5, 5.41) is 25.7. The monoisotopic (exact) mass is 357 g/mol. The van der Waals surface area contributed by atoms with Crippen molar-refractivity contribution in [2.24, 2.45) is 10.2 Å². The van der Waals surface area contributed by atoms with E-state index in [2.05, 4.69) is 31.5 Å². The van der Waals surface area contributed by atoms with Crippen molar-refractivity contribution in [3.8, 4) is 17.1 Å². The second-order valence-corrected chi connectivity index (χ2v) is 6.46. The van der Waals surface area contributed by atoms with Crippen LogP contribution >= 0.6 is 0 Å². The first kappa shape index (κ1) is 15.5. The highest BCUT2D eigenvalue weighted by molar-refractivity contribution is 5.98. The van der Waals surface area contributed by atoms with Crippen molar-refractivity contribution in [2.75, 3.05) is 0 Å². The Bertz CT molecular complexity index is 1220. The number of hydrogen-bond donors (Lipinski definition) is 3. The Morgan fingerprint density at radius 1 is 1.07 bits per heavy atom. The van der Waals surface area contributed by atoms with Gasteiger partial charge in [-0.2, -0.15) is 5.10 Å². The molecule has 0 spiro atoms. The van der Waals surface area contributed by atoms with Gasteiger partial charge in [0, 0.05) is 16.5 Å². The van der Waals surface area contributed by atoms with Crippen molar-refractivity contribution >= 4 is 22.5 Å². The summed E-state index contributed by atoms with van der Waals surface area (Å²) in [7, 11) is 0. The molecule has 2 heterocycles.